The van der Waals surface area contributed by atoms with Crippen LogP contribution in [0.2, 0.25) is 0 Å². The summed E-state index contributed by atoms with van der Waals surface area (Å²) in [7, 11) is 0. The van der Waals surface area contributed by atoms with Gasteiger partial charge in [0.25, 0.3) is 11.8 Å². The molecule has 1 N–H and O–H groups in total. The summed E-state index contributed by atoms with van der Waals surface area (Å²) in [6.45, 7) is 2.94. The Balaban J connectivity index is 1.34. The summed E-state index contributed by atoms with van der Waals surface area (Å²) in [5.41, 5.74) is 5.31. The molecular weight excluding hydrogens is 448 g/mol. The number of nitrogens with zero attached hydrogens (tertiary/aromatic N) is 1. The molecule has 1 heterocycles. The van der Waals surface area contributed by atoms with Gasteiger partial charge in [0.15, 0.2) is 11.5 Å². The molecule has 5 heteroatoms. The van der Waals surface area contributed by atoms with E-state index in [0.717, 1.165) is 22.4 Å². The van der Waals surface area contributed by atoms with Gasteiger partial charge in [-0.3, -0.25) is 14.5 Å². The van der Waals surface area contributed by atoms with Gasteiger partial charge in [-0.05, 0) is 54.0 Å². The Morgan fingerprint density at radius 3 is 2.28 bits per heavy atom. The van der Waals surface area contributed by atoms with Crippen LogP contribution in [-0.2, 0) is 17.9 Å². The van der Waals surface area contributed by atoms with Gasteiger partial charge in [0, 0.05) is 12.1 Å². The highest BCUT2D eigenvalue weighted by atomic mass is 16.5. The Hall–Kier alpha value is -4.64. The van der Waals surface area contributed by atoms with Crippen molar-refractivity contribution in [3.63, 3.8) is 0 Å². The number of amides is 2. The van der Waals surface area contributed by atoms with Crippen molar-refractivity contribution in [3.8, 4) is 5.75 Å². The van der Waals surface area contributed by atoms with E-state index in [-0.39, 0.29) is 17.6 Å². The fourth-order valence-electron chi connectivity index (χ4n) is 4.06. The fourth-order valence-corrected chi connectivity index (χ4v) is 4.06. The molecule has 0 radical (unpaired) electrons. The number of rotatable bonds is 6. The second kappa shape index (κ2) is 10.3. The predicted octanol–water partition coefficient (Wildman–Crippen LogP) is 5.89. The van der Waals surface area contributed by atoms with Crippen molar-refractivity contribution in [2.45, 2.75) is 20.0 Å². The van der Waals surface area contributed by atoms with Crippen LogP contribution in [0.25, 0.3) is 6.08 Å². The molecule has 1 aliphatic rings. The Morgan fingerprint density at radius 1 is 0.833 bits per heavy atom. The molecule has 0 atom stereocenters. The van der Waals surface area contributed by atoms with E-state index in [1.54, 1.807) is 23.1 Å². The molecule has 0 spiro atoms. The number of ether oxygens (including phenoxy) is 1. The van der Waals surface area contributed by atoms with Crippen LogP contribution in [0.1, 0.15) is 32.6 Å². The number of anilines is 1. The molecule has 0 bridgehead atoms. The zero-order valence-corrected chi connectivity index (χ0v) is 20.0. The van der Waals surface area contributed by atoms with E-state index in [9.17, 15) is 9.59 Å². The fraction of sp³-hybridized carbons (Fsp3) is 0.0968. The van der Waals surface area contributed by atoms with Crippen molar-refractivity contribution < 1.29 is 14.3 Å². The van der Waals surface area contributed by atoms with E-state index < -0.39 is 0 Å². The first-order chi connectivity index (χ1) is 17.6. The van der Waals surface area contributed by atoms with Crippen molar-refractivity contribution in [1.29, 1.82) is 0 Å². The number of para-hydroxylation sites is 2. The lowest BCUT2D eigenvalue weighted by Gasteiger charge is -2.30. The smallest absolute Gasteiger partial charge is 0.294 e. The van der Waals surface area contributed by atoms with Gasteiger partial charge in [-0.25, -0.2) is 0 Å². The lowest BCUT2D eigenvalue weighted by molar-refractivity contribution is -0.117. The van der Waals surface area contributed by atoms with Gasteiger partial charge in [-0.1, -0.05) is 84.4 Å². The molecule has 0 saturated heterocycles. The van der Waals surface area contributed by atoms with Gasteiger partial charge in [-0.15, -0.1) is 0 Å². The van der Waals surface area contributed by atoms with E-state index in [2.05, 4.69) is 5.32 Å². The van der Waals surface area contributed by atoms with Crippen LogP contribution in [-0.4, -0.2) is 11.8 Å². The maximum Gasteiger partial charge on any atom is 0.294 e. The summed E-state index contributed by atoms with van der Waals surface area (Å²) in [6, 6.07) is 32.6. The van der Waals surface area contributed by atoms with Crippen LogP contribution in [0.5, 0.6) is 5.75 Å². The number of aryl methyl sites for hydroxylation is 1. The van der Waals surface area contributed by atoms with E-state index in [4.69, 9.17) is 4.74 Å². The van der Waals surface area contributed by atoms with Crippen molar-refractivity contribution >= 4 is 23.6 Å². The van der Waals surface area contributed by atoms with Crippen LogP contribution in [0.4, 0.5) is 5.69 Å². The molecule has 5 rings (SSSR count). The standard InChI is InChI=1S/C31H26N2O3/c1-22-11-13-25(14-12-22)21-33-27-9-5-6-10-28(27)36-29(31(33)35)19-23-15-17-26(18-16-23)30(34)32-20-24-7-3-2-4-8-24/h2-19H,20-21H2,1H3,(H,32,34). The van der Waals surface area contributed by atoms with E-state index in [1.807, 2.05) is 97.9 Å². The number of carbonyl (C=O) groups is 2. The summed E-state index contributed by atoms with van der Waals surface area (Å²) < 4.78 is 5.99. The monoisotopic (exact) mass is 474 g/mol. The quantitative estimate of drug-likeness (QED) is 0.355. The van der Waals surface area contributed by atoms with Gasteiger partial charge in [-0.2, -0.15) is 0 Å². The zero-order chi connectivity index (χ0) is 24.9. The van der Waals surface area contributed by atoms with Crippen LogP contribution in [0, 0.1) is 6.92 Å². The molecule has 178 valence electrons. The van der Waals surface area contributed by atoms with Crippen LogP contribution in [0.3, 0.4) is 0 Å². The number of hydrogen-bond donors (Lipinski definition) is 1. The Labute approximate surface area is 210 Å². The van der Waals surface area contributed by atoms with E-state index in [0.29, 0.717) is 24.4 Å². The van der Waals surface area contributed by atoms with Gasteiger partial charge in [0.1, 0.15) is 0 Å². The molecule has 36 heavy (non-hydrogen) atoms. The lowest BCUT2D eigenvalue weighted by atomic mass is 10.1. The van der Waals surface area contributed by atoms with Gasteiger partial charge >= 0.3 is 0 Å². The average Bonchev–Trinajstić information content (AvgIpc) is 2.92. The van der Waals surface area contributed by atoms with Crippen molar-refractivity contribution in [2.24, 2.45) is 0 Å². The maximum atomic E-state index is 13.4. The minimum atomic E-state index is -0.209. The number of carbonyl (C=O) groups excluding carboxylic acids is 2. The van der Waals surface area contributed by atoms with Crippen LogP contribution in [0.15, 0.2) is 109 Å². The Bertz CT molecular complexity index is 1410. The highest BCUT2D eigenvalue weighted by Crippen LogP contribution is 2.36. The number of fused-ring (bicyclic) bond motifs is 1. The minimum absolute atomic E-state index is 0.152. The molecule has 4 aromatic carbocycles. The highest BCUT2D eigenvalue weighted by Gasteiger charge is 2.30. The molecule has 5 nitrogen and oxygen atoms in total. The largest absolute Gasteiger partial charge is 0.449 e. The van der Waals surface area contributed by atoms with E-state index >= 15 is 0 Å². The zero-order valence-electron chi connectivity index (χ0n) is 20.0. The molecule has 1 aliphatic heterocycles. The third-order valence-corrected chi connectivity index (χ3v) is 6.06. The van der Waals surface area contributed by atoms with Crippen molar-refractivity contribution in [1.82, 2.24) is 5.32 Å². The second-order valence-corrected chi connectivity index (χ2v) is 8.75. The Morgan fingerprint density at radius 2 is 1.53 bits per heavy atom. The third kappa shape index (κ3) is 5.20. The summed E-state index contributed by atoms with van der Waals surface area (Å²) in [6.07, 6.45) is 1.71. The highest BCUT2D eigenvalue weighted by molar-refractivity contribution is 6.09. The molecule has 4 aromatic rings. The summed E-state index contributed by atoms with van der Waals surface area (Å²) in [5.74, 6) is 0.509. The molecule has 0 aliphatic carbocycles. The maximum absolute atomic E-state index is 13.4. The molecule has 2 amide bonds. The average molecular weight is 475 g/mol. The van der Waals surface area contributed by atoms with Crippen molar-refractivity contribution in [3.05, 3.63) is 137 Å². The summed E-state index contributed by atoms with van der Waals surface area (Å²) >= 11 is 0. The van der Waals surface area contributed by atoms with Gasteiger partial charge in [0.05, 0.1) is 12.2 Å². The summed E-state index contributed by atoms with van der Waals surface area (Å²) in [4.78, 5) is 27.7. The van der Waals surface area contributed by atoms with Gasteiger partial charge in [0.2, 0.25) is 0 Å². The van der Waals surface area contributed by atoms with E-state index in [1.165, 1.54) is 5.56 Å². The molecule has 0 saturated carbocycles. The normalized spacial score (nSPS) is 13.8. The van der Waals surface area contributed by atoms with Crippen LogP contribution >= 0.6 is 0 Å². The Kier molecular flexibility index (Phi) is 6.63. The predicted molar refractivity (Wildman–Crippen MR) is 141 cm³/mol. The first-order valence-electron chi connectivity index (χ1n) is 11.8. The number of nitrogens with one attached hydrogen (secondary N) is 1. The molecular formula is C31H26N2O3. The number of hydrogen-bond acceptors (Lipinski definition) is 3. The topological polar surface area (TPSA) is 58.6 Å². The molecule has 0 aromatic heterocycles. The molecule has 0 unspecified atom stereocenters. The minimum Gasteiger partial charge on any atom is -0.449 e. The van der Waals surface area contributed by atoms with Gasteiger partial charge < -0.3 is 10.1 Å². The first kappa shape index (κ1) is 23.1. The third-order valence-electron chi connectivity index (χ3n) is 6.06. The molecule has 0 fully saturated rings. The first-order valence-corrected chi connectivity index (χ1v) is 11.8. The summed E-state index contributed by atoms with van der Waals surface area (Å²) in [5, 5.41) is 2.93. The lowest BCUT2D eigenvalue weighted by Crippen LogP contribution is -2.36. The second-order valence-electron chi connectivity index (χ2n) is 8.75. The number of benzene rings is 4. The van der Waals surface area contributed by atoms with Crippen molar-refractivity contribution in [2.75, 3.05) is 4.90 Å². The van der Waals surface area contributed by atoms with Crippen LogP contribution < -0.4 is 15.0 Å². The SMILES string of the molecule is Cc1ccc(CN2C(=O)C(=Cc3ccc(C(=O)NCc4ccccc4)cc3)Oc3ccccc32)cc1.